The molecule has 0 saturated carbocycles. The summed E-state index contributed by atoms with van der Waals surface area (Å²) in [6, 6.07) is 11.6. The number of anilines is 1. The van der Waals surface area contributed by atoms with Crippen molar-refractivity contribution in [3.63, 3.8) is 0 Å². The lowest BCUT2D eigenvalue weighted by molar-refractivity contribution is 0.0790. The Kier molecular flexibility index (Phi) is 6.58. The van der Waals surface area contributed by atoms with Gasteiger partial charge in [-0.1, -0.05) is 35.9 Å². The summed E-state index contributed by atoms with van der Waals surface area (Å²) in [7, 11) is -3.81. The molecule has 142 valence electrons. The maximum absolute atomic E-state index is 12.8. The number of nitrogens with zero attached hydrogens (tertiary/aromatic N) is 1. The minimum atomic E-state index is -3.81. The van der Waals surface area contributed by atoms with Gasteiger partial charge in [-0.05, 0) is 43.7 Å². The van der Waals surface area contributed by atoms with Crippen molar-refractivity contribution in [1.29, 1.82) is 0 Å². The van der Waals surface area contributed by atoms with Crippen LogP contribution in [0.15, 0.2) is 72.7 Å². The largest absolute Gasteiger partial charge is 0.331 e. The maximum atomic E-state index is 12.8. The minimum Gasteiger partial charge on any atom is -0.331 e. The number of sulfonamides is 1. The monoisotopic (exact) mass is 384 g/mol. The quantitative estimate of drug-likeness (QED) is 0.702. The molecule has 6 heteroatoms. The summed E-state index contributed by atoms with van der Waals surface area (Å²) in [4.78, 5) is 14.4. The Hall–Kier alpha value is -2.86. The van der Waals surface area contributed by atoms with Crippen LogP contribution in [0.1, 0.15) is 21.5 Å². The molecule has 0 aliphatic rings. The average Bonchev–Trinajstić information content (AvgIpc) is 2.63. The normalized spacial score (nSPS) is 10.9. The number of hydrogen-bond donors (Lipinski definition) is 1. The Morgan fingerprint density at radius 2 is 1.63 bits per heavy atom. The van der Waals surface area contributed by atoms with Gasteiger partial charge < -0.3 is 4.90 Å². The van der Waals surface area contributed by atoms with E-state index in [1.54, 1.807) is 42.2 Å². The van der Waals surface area contributed by atoms with Gasteiger partial charge in [-0.3, -0.25) is 9.52 Å². The highest BCUT2D eigenvalue weighted by Gasteiger charge is 2.21. The lowest BCUT2D eigenvalue weighted by atomic mass is 10.1. The fraction of sp³-hybridized carbons (Fsp3) is 0.190. The van der Waals surface area contributed by atoms with Crippen molar-refractivity contribution >= 4 is 21.6 Å². The SMILES string of the molecule is C=CCN(CC=C)C(=O)c1cc(S(=O)(=O)Nc2ccc(C)cc2)ccc1C. The van der Waals surface area contributed by atoms with Crippen LogP contribution in [-0.2, 0) is 10.0 Å². The number of aryl methyl sites for hydroxylation is 2. The summed E-state index contributed by atoms with van der Waals surface area (Å²) in [6.07, 6.45) is 3.24. The maximum Gasteiger partial charge on any atom is 0.261 e. The van der Waals surface area contributed by atoms with Gasteiger partial charge in [0.25, 0.3) is 15.9 Å². The van der Waals surface area contributed by atoms with Gasteiger partial charge in [0.2, 0.25) is 0 Å². The highest BCUT2D eigenvalue weighted by molar-refractivity contribution is 7.92. The van der Waals surface area contributed by atoms with Gasteiger partial charge >= 0.3 is 0 Å². The second-order valence-electron chi connectivity index (χ2n) is 6.24. The van der Waals surface area contributed by atoms with Crippen molar-refractivity contribution in [2.75, 3.05) is 17.8 Å². The topological polar surface area (TPSA) is 66.5 Å². The summed E-state index contributed by atoms with van der Waals surface area (Å²) < 4.78 is 28.0. The molecule has 0 aliphatic carbocycles. The highest BCUT2D eigenvalue weighted by Crippen LogP contribution is 2.21. The first-order valence-electron chi connectivity index (χ1n) is 8.49. The second kappa shape index (κ2) is 8.68. The summed E-state index contributed by atoms with van der Waals surface area (Å²) >= 11 is 0. The fourth-order valence-electron chi connectivity index (χ4n) is 2.56. The molecule has 0 aromatic heterocycles. The van der Waals surface area contributed by atoms with Gasteiger partial charge in [0.1, 0.15) is 0 Å². The Bertz CT molecular complexity index is 938. The molecule has 5 nitrogen and oxygen atoms in total. The first-order chi connectivity index (χ1) is 12.8. The lowest BCUT2D eigenvalue weighted by Crippen LogP contribution is -2.32. The first-order valence-corrected chi connectivity index (χ1v) is 9.98. The predicted molar refractivity (Wildman–Crippen MR) is 109 cm³/mol. The highest BCUT2D eigenvalue weighted by atomic mass is 32.2. The average molecular weight is 385 g/mol. The van der Waals surface area contributed by atoms with Crippen LogP contribution in [0.2, 0.25) is 0 Å². The van der Waals surface area contributed by atoms with Gasteiger partial charge in [0.15, 0.2) is 0 Å². The smallest absolute Gasteiger partial charge is 0.261 e. The second-order valence-corrected chi connectivity index (χ2v) is 7.92. The van der Waals surface area contributed by atoms with Crippen molar-refractivity contribution in [2.45, 2.75) is 18.7 Å². The molecule has 2 aromatic rings. The number of nitrogens with one attached hydrogen (secondary N) is 1. The Morgan fingerprint density at radius 3 is 2.19 bits per heavy atom. The van der Waals surface area contributed by atoms with E-state index in [9.17, 15) is 13.2 Å². The van der Waals surface area contributed by atoms with E-state index < -0.39 is 10.0 Å². The van der Waals surface area contributed by atoms with Crippen LogP contribution in [0.4, 0.5) is 5.69 Å². The summed E-state index contributed by atoms with van der Waals surface area (Å²) in [5.41, 5.74) is 2.54. The molecule has 0 fully saturated rings. The van der Waals surface area contributed by atoms with Gasteiger partial charge in [-0.2, -0.15) is 0 Å². The molecule has 1 N–H and O–H groups in total. The van der Waals surface area contributed by atoms with Gasteiger partial charge in [-0.25, -0.2) is 8.42 Å². The lowest BCUT2D eigenvalue weighted by Gasteiger charge is -2.21. The molecule has 0 bridgehead atoms. The van der Waals surface area contributed by atoms with Gasteiger partial charge in [0.05, 0.1) is 4.90 Å². The standard InChI is InChI=1S/C21H24N2O3S/c1-5-13-23(14-6-2)21(24)20-15-19(12-9-17(20)4)27(25,26)22-18-10-7-16(3)8-11-18/h5-12,15,22H,1-2,13-14H2,3-4H3. The van der Waals surface area contributed by atoms with Crippen LogP contribution < -0.4 is 4.72 Å². The van der Waals surface area contributed by atoms with Crippen LogP contribution in [0.25, 0.3) is 0 Å². The number of hydrogen-bond acceptors (Lipinski definition) is 3. The van der Waals surface area contributed by atoms with E-state index in [-0.39, 0.29) is 10.8 Å². The molecule has 27 heavy (non-hydrogen) atoms. The van der Waals surface area contributed by atoms with Crippen LogP contribution in [0, 0.1) is 13.8 Å². The Morgan fingerprint density at radius 1 is 1.04 bits per heavy atom. The van der Waals surface area contributed by atoms with Crippen LogP contribution >= 0.6 is 0 Å². The van der Waals surface area contributed by atoms with E-state index >= 15 is 0 Å². The van der Waals surface area contributed by atoms with E-state index in [4.69, 9.17) is 0 Å². The van der Waals surface area contributed by atoms with E-state index in [2.05, 4.69) is 17.9 Å². The summed E-state index contributed by atoms with van der Waals surface area (Å²) in [6.45, 7) is 11.7. The van der Waals surface area contributed by atoms with Crippen LogP contribution in [0.3, 0.4) is 0 Å². The van der Waals surface area contributed by atoms with Crippen molar-refractivity contribution in [3.8, 4) is 0 Å². The van der Waals surface area contributed by atoms with Crippen LogP contribution in [0.5, 0.6) is 0 Å². The summed E-state index contributed by atoms with van der Waals surface area (Å²) in [5.74, 6) is -0.264. The predicted octanol–water partition coefficient (Wildman–Crippen LogP) is 3.92. The molecule has 2 aromatic carbocycles. The number of benzene rings is 2. The molecular weight excluding hydrogens is 360 g/mol. The van der Waals surface area contributed by atoms with Crippen molar-refractivity contribution in [3.05, 3.63) is 84.5 Å². The number of amides is 1. The van der Waals surface area contributed by atoms with Crippen LogP contribution in [-0.4, -0.2) is 32.3 Å². The zero-order chi connectivity index (χ0) is 20.0. The van der Waals surface area contributed by atoms with E-state index in [1.165, 1.54) is 12.1 Å². The summed E-state index contributed by atoms with van der Waals surface area (Å²) in [5, 5.41) is 0. The molecule has 0 aliphatic heterocycles. The third-order valence-corrected chi connectivity index (χ3v) is 5.42. The number of carbonyl (C=O) groups is 1. The molecule has 2 rings (SSSR count). The molecule has 0 unspecified atom stereocenters. The number of rotatable bonds is 8. The Labute approximate surface area is 161 Å². The zero-order valence-corrected chi connectivity index (χ0v) is 16.4. The van der Waals surface area contributed by atoms with Gasteiger partial charge in [-0.15, -0.1) is 13.2 Å². The molecule has 0 atom stereocenters. The molecular formula is C21H24N2O3S. The molecule has 1 amide bonds. The van der Waals surface area contributed by atoms with Crippen molar-refractivity contribution in [1.82, 2.24) is 4.90 Å². The zero-order valence-electron chi connectivity index (χ0n) is 15.6. The van der Waals surface area contributed by atoms with Gasteiger partial charge in [0, 0.05) is 24.3 Å². The minimum absolute atomic E-state index is 0.0363. The Balaban J connectivity index is 2.37. The third-order valence-electron chi connectivity index (χ3n) is 4.04. The van der Waals surface area contributed by atoms with E-state index in [0.717, 1.165) is 5.56 Å². The molecule has 0 saturated heterocycles. The molecule has 0 spiro atoms. The number of carbonyl (C=O) groups excluding carboxylic acids is 1. The van der Waals surface area contributed by atoms with Crippen molar-refractivity contribution < 1.29 is 13.2 Å². The van der Waals surface area contributed by atoms with Crippen molar-refractivity contribution in [2.24, 2.45) is 0 Å². The van der Waals surface area contributed by atoms with E-state index in [1.807, 2.05) is 19.1 Å². The molecule has 0 heterocycles. The third kappa shape index (κ3) is 5.08. The first kappa shape index (κ1) is 20.5. The molecule has 0 radical (unpaired) electrons. The van der Waals surface area contributed by atoms with E-state index in [0.29, 0.717) is 29.9 Å². The fourth-order valence-corrected chi connectivity index (χ4v) is 3.64.